The predicted octanol–water partition coefficient (Wildman–Crippen LogP) is 3.80. The first-order valence-electron chi connectivity index (χ1n) is 7.14. The van der Waals surface area contributed by atoms with Crippen LogP contribution in [-0.2, 0) is 6.42 Å². The van der Waals surface area contributed by atoms with Crippen LogP contribution in [0.3, 0.4) is 0 Å². The van der Waals surface area contributed by atoms with E-state index in [4.69, 9.17) is 0 Å². The highest BCUT2D eigenvalue weighted by Gasteiger charge is 2.15. The molecule has 0 saturated carbocycles. The molecule has 0 bridgehead atoms. The van der Waals surface area contributed by atoms with Crippen molar-refractivity contribution in [2.24, 2.45) is 0 Å². The second-order valence-electron chi connectivity index (χ2n) is 5.47. The molecule has 2 heteroatoms. The van der Waals surface area contributed by atoms with Gasteiger partial charge in [-0.25, -0.2) is 0 Å². The van der Waals surface area contributed by atoms with E-state index in [0.29, 0.717) is 6.04 Å². The van der Waals surface area contributed by atoms with Crippen LogP contribution < -0.4 is 5.32 Å². The maximum Gasteiger partial charge on any atom is 0.0172 e. The zero-order chi connectivity index (χ0) is 12.8. The molecule has 1 N–H and O–H groups in total. The van der Waals surface area contributed by atoms with Crippen molar-refractivity contribution in [3.63, 3.8) is 0 Å². The van der Waals surface area contributed by atoms with Gasteiger partial charge in [0.25, 0.3) is 0 Å². The normalized spacial score (nSPS) is 21.1. The van der Waals surface area contributed by atoms with E-state index in [1.54, 1.807) is 0 Å². The molecule has 1 heterocycles. The summed E-state index contributed by atoms with van der Waals surface area (Å²) < 4.78 is 0. The summed E-state index contributed by atoms with van der Waals surface area (Å²) in [5.74, 6) is 1.37. The SMILES string of the molecule is Cc1cccc(CCC(C)NCC2CCCS2)c1. The minimum absolute atomic E-state index is 0.631. The molecule has 1 aromatic rings. The molecular formula is C16H25NS. The summed E-state index contributed by atoms with van der Waals surface area (Å²) in [7, 11) is 0. The van der Waals surface area contributed by atoms with Gasteiger partial charge in [0.15, 0.2) is 0 Å². The van der Waals surface area contributed by atoms with Gasteiger partial charge in [0.2, 0.25) is 0 Å². The topological polar surface area (TPSA) is 12.0 Å². The zero-order valence-electron chi connectivity index (χ0n) is 11.6. The molecular weight excluding hydrogens is 238 g/mol. The Balaban J connectivity index is 1.66. The van der Waals surface area contributed by atoms with Gasteiger partial charge in [-0.15, -0.1) is 0 Å². The van der Waals surface area contributed by atoms with Gasteiger partial charge in [-0.1, -0.05) is 29.8 Å². The predicted molar refractivity (Wildman–Crippen MR) is 82.4 cm³/mol. The largest absolute Gasteiger partial charge is 0.313 e. The molecule has 1 aliphatic heterocycles. The molecule has 100 valence electrons. The highest BCUT2D eigenvalue weighted by Crippen LogP contribution is 2.25. The van der Waals surface area contributed by atoms with Crippen LogP contribution in [-0.4, -0.2) is 23.6 Å². The van der Waals surface area contributed by atoms with Crippen LogP contribution >= 0.6 is 11.8 Å². The van der Waals surface area contributed by atoms with Crippen LogP contribution in [0.5, 0.6) is 0 Å². The zero-order valence-corrected chi connectivity index (χ0v) is 12.4. The van der Waals surface area contributed by atoms with Crippen molar-refractivity contribution in [2.45, 2.75) is 50.8 Å². The van der Waals surface area contributed by atoms with Gasteiger partial charge in [-0.05, 0) is 50.8 Å². The molecule has 1 saturated heterocycles. The number of aryl methyl sites for hydroxylation is 2. The Morgan fingerprint density at radius 2 is 2.33 bits per heavy atom. The van der Waals surface area contributed by atoms with Gasteiger partial charge in [-0.2, -0.15) is 11.8 Å². The molecule has 0 spiro atoms. The summed E-state index contributed by atoms with van der Waals surface area (Å²) in [5.41, 5.74) is 2.84. The fourth-order valence-electron chi connectivity index (χ4n) is 2.49. The molecule has 0 aliphatic carbocycles. The summed E-state index contributed by atoms with van der Waals surface area (Å²) in [6.07, 6.45) is 5.24. The summed E-state index contributed by atoms with van der Waals surface area (Å²) >= 11 is 2.14. The Morgan fingerprint density at radius 1 is 1.44 bits per heavy atom. The third kappa shape index (κ3) is 4.66. The maximum atomic E-state index is 3.69. The summed E-state index contributed by atoms with van der Waals surface area (Å²) in [4.78, 5) is 0. The number of hydrogen-bond acceptors (Lipinski definition) is 2. The second-order valence-corrected chi connectivity index (χ2v) is 6.88. The minimum Gasteiger partial charge on any atom is -0.313 e. The van der Waals surface area contributed by atoms with E-state index in [1.807, 2.05) is 0 Å². The van der Waals surface area contributed by atoms with Crippen molar-refractivity contribution < 1.29 is 0 Å². The van der Waals surface area contributed by atoms with Gasteiger partial charge < -0.3 is 5.32 Å². The van der Waals surface area contributed by atoms with Crippen molar-refractivity contribution in [1.82, 2.24) is 5.32 Å². The molecule has 0 radical (unpaired) electrons. The van der Waals surface area contributed by atoms with Crippen molar-refractivity contribution >= 4 is 11.8 Å². The highest BCUT2D eigenvalue weighted by atomic mass is 32.2. The maximum absolute atomic E-state index is 3.69. The molecule has 1 fully saturated rings. The van der Waals surface area contributed by atoms with E-state index in [2.05, 4.69) is 55.2 Å². The van der Waals surface area contributed by atoms with Crippen LogP contribution in [0.15, 0.2) is 24.3 Å². The molecule has 2 atom stereocenters. The van der Waals surface area contributed by atoms with E-state index in [9.17, 15) is 0 Å². The van der Waals surface area contributed by atoms with E-state index in [-0.39, 0.29) is 0 Å². The van der Waals surface area contributed by atoms with Crippen molar-refractivity contribution in [2.75, 3.05) is 12.3 Å². The fourth-order valence-corrected chi connectivity index (χ4v) is 3.70. The molecule has 2 unspecified atom stereocenters. The average Bonchev–Trinajstić information content (AvgIpc) is 2.87. The van der Waals surface area contributed by atoms with Crippen molar-refractivity contribution in [1.29, 1.82) is 0 Å². The number of rotatable bonds is 6. The van der Waals surface area contributed by atoms with Crippen LogP contribution in [0.4, 0.5) is 0 Å². The Labute approximate surface area is 116 Å². The van der Waals surface area contributed by atoms with Crippen LogP contribution in [0.25, 0.3) is 0 Å². The van der Waals surface area contributed by atoms with E-state index in [1.165, 1.54) is 49.1 Å². The quantitative estimate of drug-likeness (QED) is 0.838. The first kappa shape index (κ1) is 14.0. The molecule has 1 aromatic carbocycles. The Bertz CT molecular complexity index is 358. The number of hydrogen-bond donors (Lipinski definition) is 1. The van der Waals surface area contributed by atoms with Gasteiger partial charge in [0.1, 0.15) is 0 Å². The van der Waals surface area contributed by atoms with E-state index in [0.717, 1.165) is 5.25 Å². The third-order valence-electron chi connectivity index (χ3n) is 3.67. The van der Waals surface area contributed by atoms with Crippen LogP contribution in [0.1, 0.15) is 37.3 Å². The summed E-state index contributed by atoms with van der Waals surface area (Å²) in [6, 6.07) is 9.51. The molecule has 0 amide bonds. The Hall–Kier alpha value is -0.470. The monoisotopic (exact) mass is 263 g/mol. The van der Waals surface area contributed by atoms with Gasteiger partial charge in [0, 0.05) is 17.8 Å². The van der Waals surface area contributed by atoms with Crippen LogP contribution in [0.2, 0.25) is 0 Å². The lowest BCUT2D eigenvalue weighted by atomic mass is 10.0. The lowest BCUT2D eigenvalue weighted by Gasteiger charge is -2.16. The van der Waals surface area contributed by atoms with Crippen LogP contribution in [0, 0.1) is 6.92 Å². The Kier molecular flexibility index (Phi) is 5.58. The lowest BCUT2D eigenvalue weighted by Crippen LogP contribution is -2.32. The molecule has 18 heavy (non-hydrogen) atoms. The minimum atomic E-state index is 0.631. The van der Waals surface area contributed by atoms with Crippen molar-refractivity contribution in [3.8, 4) is 0 Å². The summed E-state index contributed by atoms with van der Waals surface area (Å²) in [5, 5.41) is 4.56. The van der Waals surface area contributed by atoms with Crippen molar-refractivity contribution in [3.05, 3.63) is 35.4 Å². The van der Waals surface area contributed by atoms with E-state index >= 15 is 0 Å². The Morgan fingerprint density at radius 3 is 3.06 bits per heavy atom. The number of nitrogens with one attached hydrogen (secondary N) is 1. The van der Waals surface area contributed by atoms with Gasteiger partial charge in [-0.3, -0.25) is 0 Å². The van der Waals surface area contributed by atoms with Gasteiger partial charge >= 0.3 is 0 Å². The lowest BCUT2D eigenvalue weighted by molar-refractivity contribution is 0.508. The first-order valence-corrected chi connectivity index (χ1v) is 8.19. The molecule has 0 aromatic heterocycles. The first-order chi connectivity index (χ1) is 8.74. The highest BCUT2D eigenvalue weighted by molar-refractivity contribution is 8.00. The molecule has 2 rings (SSSR count). The average molecular weight is 263 g/mol. The molecule has 1 nitrogen and oxygen atoms in total. The standard InChI is InChI=1S/C16H25NS/c1-13-5-3-6-15(11-13)9-8-14(2)17-12-16-7-4-10-18-16/h3,5-6,11,14,16-17H,4,7-10,12H2,1-2H3. The molecule has 1 aliphatic rings. The second kappa shape index (κ2) is 7.20. The van der Waals surface area contributed by atoms with E-state index < -0.39 is 0 Å². The number of benzene rings is 1. The van der Waals surface area contributed by atoms with Gasteiger partial charge in [0.05, 0.1) is 0 Å². The summed E-state index contributed by atoms with van der Waals surface area (Å²) in [6.45, 7) is 5.68. The number of thioether (sulfide) groups is 1. The third-order valence-corrected chi connectivity index (χ3v) is 5.06. The fraction of sp³-hybridized carbons (Fsp3) is 0.625. The smallest absolute Gasteiger partial charge is 0.0172 e.